The van der Waals surface area contributed by atoms with E-state index >= 15 is 0 Å². The molecule has 9 heteroatoms. The maximum atomic E-state index is 12.0. The fourth-order valence-electron chi connectivity index (χ4n) is 2.19. The number of hydrazone groups is 1. The van der Waals surface area contributed by atoms with E-state index in [4.69, 9.17) is 23.2 Å². The van der Waals surface area contributed by atoms with Gasteiger partial charge in [0.2, 0.25) is 0 Å². The van der Waals surface area contributed by atoms with E-state index in [9.17, 15) is 14.9 Å². The van der Waals surface area contributed by atoms with Crippen LogP contribution in [0.2, 0.25) is 10.2 Å². The minimum absolute atomic E-state index is 0.0550. The van der Waals surface area contributed by atoms with E-state index in [1.165, 1.54) is 24.4 Å². The van der Waals surface area contributed by atoms with Crippen LogP contribution in [0, 0.1) is 10.1 Å². The van der Waals surface area contributed by atoms with E-state index in [1.807, 2.05) is 0 Å². The Bertz CT molecular complexity index is 1040. The summed E-state index contributed by atoms with van der Waals surface area (Å²) in [5.74, 6) is -0.418. The molecule has 0 atom stereocenters. The third-order valence-electron chi connectivity index (χ3n) is 3.47. The van der Waals surface area contributed by atoms with Crippen LogP contribution in [0.15, 0.2) is 53.6 Å². The predicted octanol–water partition coefficient (Wildman–Crippen LogP) is 4.21. The van der Waals surface area contributed by atoms with Crippen LogP contribution in [0.1, 0.15) is 15.9 Å². The summed E-state index contributed by atoms with van der Waals surface area (Å²) in [5, 5.41) is 15.9. The molecule has 0 saturated carbocycles. The second kappa shape index (κ2) is 7.47. The lowest BCUT2D eigenvalue weighted by molar-refractivity contribution is -0.384. The molecule has 0 aliphatic rings. The number of hydrogen-bond acceptors (Lipinski definition) is 5. The van der Waals surface area contributed by atoms with Crippen molar-refractivity contribution in [3.63, 3.8) is 0 Å². The van der Waals surface area contributed by atoms with Gasteiger partial charge in [-0.3, -0.25) is 14.9 Å². The minimum Gasteiger partial charge on any atom is -0.267 e. The maximum absolute atomic E-state index is 12.0. The molecule has 1 heterocycles. The summed E-state index contributed by atoms with van der Waals surface area (Å²) in [6, 6.07) is 12.2. The Morgan fingerprint density at radius 1 is 1.15 bits per heavy atom. The van der Waals surface area contributed by atoms with E-state index in [1.54, 1.807) is 30.3 Å². The van der Waals surface area contributed by atoms with Gasteiger partial charge in [-0.25, -0.2) is 10.4 Å². The van der Waals surface area contributed by atoms with E-state index in [-0.39, 0.29) is 10.8 Å². The second-order valence-electron chi connectivity index (χ2n) is 5.21. The molecule has 0 unspecified atom stereocenters. The maximum Gasteiger partial charge on any atom is 0.271 e. The van der Waals surface area contributed by atoms with E-state index in [0.29, 0.717) is 27.1 Å². The Balaban J connectivity index is 1.81. The highest BCUT2D eigenvalue weighted by Crippen LogP contribution is 2.23. The van der Waals surface area contributed by atoms with Crippen molar-refractivity contribution in [3.8, 4) is 0 Å². The third-order valence-corrected chi connectivity index (χ3v) is 4.02. The number of amides is 1. The summed E-state index contributed by atoms with van der Waals surface area (Å²) >= 11 is 11.9. The lowest BCUT2D eigenvalue weighted by Crippen LogP contribution is -2.17. The van der Waals surface area contributed by atoms with Crippen molar-refractivity contribution in [2.24, 2.45) is 5.10 Å². The van der Waals surface area contributed by atoms with Crippen molar-refractivity contribution in [1.29, 1.82) is 0 Å². The Hall–Kier alpha value is -3.03. The van der Waals surface area contributed by atoms with Gasteiger partial charge in [-0.1, -0.05) is 23.2 Å². The Kier molecular flexibility index (Phi) is 5.11. The monoisotopic (exact) mass is 388 g/mol. The van der Waals surface area contributed by atoms with Gasteiger partial charge in [0.25, 0.3) is 11.6 Å². The minimum atomic E-state index is -0.492. The highest BCUT2D eigenvalue weighted by atomic mass is 35.5. The van der Waals surface area contributed by atoms with Crippen molar-refractivity contribution >= 4 is 51.9 Å². The third kappa shape index (κ3) is 3.96. The van der Waals surface area contributed by atoms with Gasteiger partial charge in [0, 0.05) is 33.7 Å². The van der Waals surface area contributed by atoms with Gasteiger partial charge in [-0.05, 0) is 36.4 Å². The summed E-state index contributed by atoms with van der Waals surface area (Å²) in [6.45, 7) is 0. The SMILES string of the molecule is O=C(N/N=C\c1cc2cc([N+](=O)[O-])ccc2nc1Cl)c1ccc(Cl)cc1. The van der Waals surface area contributed by atoms with E-state index in [0.717, 1.165) is 0 Å². The van der Waals surface area contributed by atoms with Crippen molar-refractivity contribution in [2.75, 3.05) is 0 Å². The van der Waals surface area contributed by atoms with Gasteiger partial charge < -0.3 is 0 Å². The zero-order valence-electron chi connectivity index (χ0n) is 13.0. The molecule has 0 radical (unpaired) electrons. The molecule has 0 fully saturated rings. The Morgan fingerprint density at radius 2 is 1.88 bits per heavy atom. The van der Waals surface area contributed by atoms with Gasteiger partial charge >= 0.3 is 0 Å². The summed E-state index contributed by atoms with van der Waals surface area (Å²) in [7, 11) is 0. The van der Waals surface area contributed by atoms with Gasteiger partial charge in [-0.15, -0.1) is 0 Å². The number of carbonyl (C=O) groups excluding carboxylic acids is 1. The number of non-ortho nitro benzene ring substituents is 1. The van der Waals surface area contributed by atoms with Crippen LogP contribution >= 0.6 is 23.2 Å². The van der Waals surface area contributed by atoms with Gasteiger partial charge in [0.05, 0.1) is 16.7 Å². The number of nitro benzene ring substituents is 1. The highest BCUT2D eigenvalue weighted by molar-refractivity contribution is 6.32. The number of carbonyl (C=O) groups is 1. The van der Waals surface area contributed by atoms with Crippen LogP contribution in [0.25, 0.3) is 10.9 Å². The number of aromatic nitrogens is 1. The zero-order valence-corrected chi connectivity index (χ0v) is 14.5. The molecule has 0 spiro atoms. The molecule has 3 rings (SSSR count). The highest BCUT2D eigenvalue weighted by Gasteiger charge is 2.09. The molecule has 0 bridgehead atoms. The van der Waals surface area contributed by atoms with Crippen LogP contribution < -0.4 is 5.43 Å². The molecule has 1 amide bonds. The number of fused-ring (bicyclic) bond motifs is 1. The molecule has 26 heavy (non-hydrogen) atoms. The Morgan fingerprint density at radius 3 is 2.58 bits per heavy atom. The smallest absolute Gasteiger partial charge is 0.267 e. The summed E-state index contributed by atoms with van der Waals surface area (Å²) in [5.41, 5.74) is 3.63. The van der Waals surface area contributed by atoms with Crippen LogP contribution in [-0.2, 0) is 0 Å². The lowest BCUT2D eigenvalue weighted by atomic mass is 10.1. The molecule has 0 aliphatic carbocycles. The molecule has 2 aromatic carbocycles. The van der Waals surface area contributed by atoms with Gasteiger partial charge in [0.1, 0.15) is 5.15 Å². The number of nitrogens with zero attached hydrogens (tertiary/aromatic N) is 3. The molecule has 130 valence electrons. The zero-order chi connectivity index (χ0) is 18.7. The lowest BCUT2D eigenvalue weighted by Gasteiger charge is -2.03. The van der Waals surface area contributed by atoms with Crippen molar-refractivity contribution in [3.05, 3.63) is 79.9 Å². The molecular formula is C17H10Cl2N4O3. The number of halogens is 2. The number of benzene rings is 2. The van der Waals surface area contributed by atoms with Crippen LogP contribution in [-0.4, -0.2) is 22.0 Å². The standard InChI is InChI=1S/C17H10Cl2N4O3/c18-13-3-1-10(2-4-13)17(24)22-20-9-12-7-11-8-14(23(25)26)5-6-15(11)21-16(12)19/h1-9H,(H,22,24)/b20-9-. The first kappa shape index (κ1) is 17.8. The fourth-order valence-corrected chi connectivity index (χ4v) is 2.51. The summed E-state index contributed by atoms with van der Waals surface area (Å²) in [4.78, 5) is 26.5. The summed E-state index contributed by atoms with van der Waals surface area (Å²) in [6.07, 6.45) is 1.32. The quantitative estimate of drug-likeness (QED) is 0.313. The topological polar surface area (TPSA) is 97.5 Å². The number of nitrogens with one attached hydrogen (secondary N) is 1. The van der Waals surface area contributed by atoms with Gasteiger partial charge in [-0.2, -0.15) is 5.10 Å². The average Bonchev–Trinajstić information content (AvgIpc) is 2.62. The fraction of sp³-hybridized carbons (Fsp3) is 0. The molecule has 0 saturated heterocycles. The average molecular weight is 389 g/mol. The van der Waals surface area contributed by atoms with Crippen molar-refractivity contribution in [1.82, 2.24) is 10.4 Å². The first-order valence-corrected chi connectivity index (χ1v) is 8.03. The predicted molar refractivity (Wildman–Crippen MR) is 99.9 cm³/mol. The van der Waals surface area contributed by atoms with Gasteiger partial charge in [0.15, 0.2) is 0 Å². The number of hydrogen-bond donors (Lipinski definition) is 1. The van der Waals surface area contributed by atoms with E-state index < -0.39 is 10.8 Å². The van der Waals surface area contributed by atoms with Crippen LogP contribution in [0.4, 0.5) is 5.69 Å². The normalized spacial score (nSPS) is 11.0. The number of nitro groups is 1. The summed E-state index contributed by atoms with van der Waals surface area (Å²) < 4.78 is 0. The largest absolute Gasteiger partial charge is 0.271 e. The van der Waals surface area contributed by atoms with E-state index in [2.05, 4.69) is 15.5 Å². The second-order valence-corrected chi connectivity index (χ2v) is 6.00. The first-order valence-electron chi connectivity index (χ1n) is 7.28. The van der Waals surface area contributed by atoms with Crippen LogP contribution in [0.3, 0.4) is 0 Å². The molecule has 3 aromatic rings. The number of rotatable bonds is 4. The molecular weight excluding hydrogens is 379 g/mol. The van der Waals surface area contributed by atoms with Crippen molar-refractivity contribution in [2.45, 2.75) is 0 Å². The first-order chi connectivity index (χ1) is 12.4. The molecule has 1 N–H and O–H groups in total. The molecule has 1 aromatic heterocycles. The number of pyridine rings is 1. The molecule has 7 nitrogen and oxygen atoms in total. The van der Waals surface area contributed by atoms with Crippen LogP contribution in [0.5, 0.6) is 0 Å². The van der Waals surface area contributed by atoms with Crippen molar-refractivity contribution < 1.29 is 9.72 Å². The Labute approximate surface area is 157 Å². The molecule has 0 aliphatic heterocycles.